The van der Waals surface area contributed by atoms with Gasteiger partial charge in [0, 0.05) is 18.9 Å². The van der Waals surface area contributed by atoms with Gasteiger partial charge in [-0.2, -0.15) is 19.6 Å². The highest BCUT2D eigenvalue weighted by atomic mass is 32.2. The molecule has 2 rings (SSSR count). The van der Waals surface area contributed by atoms with Crippen molar-refractivity contribution in [2.45, 2.75) is 24.9 Å². The van der Waals surface area contributed by atoms with E-state index in [1.807, 2.05) is 13.8 Å². The van der Waals surface area contributed by atoms with Crippen LogP contribution in [0.3, 0.4) is 0 Å². The first-order valence-corrected chi connectivity index (χ1v) is 7.37. The number of fused-ring (bicyclic) bond motifs is 1. The van der Waals surface area contributed by atoms with E-state index in [4.69, 9.17) is 0 Å². The summed E-state index contributed by atoms with van der Waals surface area (Å²) in [5.41, 5.74) is 1.41. The topological polar surface area (TPSA) is 89.2 Å². The first-order valence-electron chi connectivity index (χ1n) is 5.48. The maximum atomic E-state index is 11.6. The van der Waals surface area contributed by atoms with Crippen LogP contribution in [0.4, 0.5) is 5.95 Å². The van der Waals surface area contributed by atoms with Crippen molar-refractivity contribution in [2.24, 2.45) is 0 Å². The Labute approximate surface area is 105 Å². The van der Waals surface area contributed by atoms with Crippen molar-refractivity contribution in [3.05, 3.63) is 11.8 Å². The predicted molar refractivity (Wildman–Crippen MR) is 67.5 cm³/mol. The van der Waals surface area contributed by atoms with Gasteiger partial charge in [0.25, 0.3) is 5.16 Å². The van der Waals surface area contributed by atoms with Gasteiger partial charge in [0.15, 0.2) is 5.65 Å². The molecule has 0 atom stereocenters. The summed E-state index contributed by atoms with van der Waals surface area (Å²) in [6, 6.07) is 0. The Morgan fingerprint density at radius 1 is 1.33 bits per heavy atom. The number of nitrogens with zero attached hydrogens (tertiary/aromatic N) is 4. The third-order valence-electron chi connectivity index (χ3n) is 2.55. The van der Waals surface area contributed by atoms with Gasteiger partial charge in [-0.25, -0.2) is 8.42 Å². The van der Waals surface area contributed by atoms with Crippen molar-refractivity contribution in [3.63, 3.8) is 0 Å². The Balaban J connectivity index is 2.83. The van der Waals surface area contributed by atoms with Gasteiger partial charge in [-0.3, -0.25) is 0 Å². The molecule has 2 aromatic heterocycles. The van der Waals surface area contributed by atoms with E-state index in [0.717, 1.165) is 11.8 Å². The van der Waals surface area contributed by atoms with Crippen LogP contribution in [0.5, 0.6) is 0 Å². The van der Waals surface area contributed by atoms with Crippen LogP contribution >= 0.6 is 0 Å². The average molecular weight is 269 g/mol. The van der Waals surface area contributed by atoms with E-state index in [-0.39, 0.29) is 11.1 Å². The van der Waals surface area contributed by atoms with Gasteiger partial charge >= 0.3 is 0 Å². The smallest absolute Gasteiger partial charge is 0.252 e. The SMILES string of the molecule is CNc1nc(S(C)(=O)=O)nc2c(C(C)C)cnn12. The van der Waals surface area contributed by atoms with Gasteiger partial charge in [0.1, 0.15) is 0 Å². The number of aromatic nitrogens is 4. The van der Waals surface area contributed by atoms with E-state index >= 15 is 0 Å². The maximum Gasteiger partial charge on any atom is 0.252 e. The third-order valence-corrected chi connectivity index (χ3v) is 3.40. The van der Waals surface area contributed by atoms with E-state index < -0.39 is 9.84 Å². The standard InChI is InChI=1S/C10H15N5O2S/c1-6(2)7-5-12-15-8(7)13-10(18(4,16)17)14-9(15)11-3/h5-6H,1-4H3,(H,11,13,14). The molecule has 7 nitrogen and oxygen atoms in total. The lowest BCUT2D eigenvalue weighted by atomic mass is 10.1. The predicted octanol–water partition coefficient (Wildman–Crippen LogP) is 0.693. The Morgan fingerprint density at radius 3 is 2.50 bits per heavy atom. The minimum Gasteiger partial charge on any atom is -0.357 e. The van der Waals surface area contributed by atoms with Crippen LogP contribution in [0.15, 0.2) is 11.4 Å². The summed E-state index contributed by atoms with van der Waals surface area (Å²) in [5, 5.41) is 6.80. The molecule has 0 fully saturated rings. The molecule has 0 bridgehead atoms. The van der Waals surface area contributed by atoms with Crippen molar-refractivity contribution in [3.8, 4) is 0 Å². The number of hydrogen-bond acceptors (Lipinski definition) is 6. The van der Waals surface area contributed by atoms with Gasteiger partial charge < -0.3 is 5.32 Å². The molecule has 0 saturated heterocycles. The van der Waals surface area contributed by atoms with Crippen LogP contribution in [0.25, 0.3) is 5.65 Å². The molecule has 0 spiro atoms. The molecule has 98 valence electrons. The summed E-state index contributed by atoms with van der Waals surface area (Å²) < 4.78 is 24.6. The highest BCUT2D eigenvalue weighted by molar-refractivity contribution is 7.90. The number of rotatable bonds is 3. The highest BCUT2D eigenvalue weighted by Gasteiger charge is 2.19. The fourth-order valence-electron chi connectivity index (χ4n) is 1.61. The lowest BCUT2D eigenvalue weighted by molar-refractivity contribution is 0.592. The summed E-state index contributed by atoms with van der Waals surface area (Å²) in [7, 11) is -1.79. The van der Waals surface area contributed by atoms with Crippen LogP contribution in [-0.2, 0) is 9.84 Å². The molecule has 1 N–H and O–H groups in total. The second kappa shape index (κ2) is 4.20. The fraction of sp³-hybridized carbons (Fsp3) is 0.500. The largest absolute Gasteiger partial charge is 0.357 e. The van der Waals surface area contributed by atoms with E-state index in [0.29, 0.717) is 11.6 Å². The summed E-state index contributed by atoms with van der Waals surface area (Å²) in [5.74, 6) is 0.557. The summed E-state index contributed by atoms with van der Waals surface area (Å²) >= 11 is 0. The highest BCUT2D eigenvalue weighted by Crippen LogP contribution is 2.21. The van der Waals surface area contributed by atoms with Gasteiger partial charge in [0.05, 0.1) is 6.20 Å². The Morgan fingerprint density at radius 2 is 2.00 bits per heavy atom. The lowest BCUT2D eigenvalue weighted by Gasteiger charge is -2.06. The Kier molecular flexibility index (Phi) is 2.97. The molecule has 0 aliphatic heterocycles. The minimum absolute atomic E-state index is 0.193. The van der Waals surface area contributed by atoms with Crippen molar-refractivity contribution >= 4 is 21.4 Å². The van der Waals surface area contributed by atoms with Crippen molar-refractivity contribution in [1.82, 2.24) is 19.6 Å². The second-order valence-electron chi connectivity index (χ2n) is 4.34. The van der Waals surface area contributed by atoms with Gasteiger partial charge in [0.2, 0.25) is 15.8 Å². The molecular formula is C10H15N5O2S. The molecule has 0 aliphatic rings. The zero-order chi connectivity index (χ0) is 13.5. The van der Waals surface area contributed by atoms with Crippen LogP contribution in [0.1, 0.15) is 25.3 Å². The molecule has 0 amide bonds. The molecule has 0 aromatic carbocycles. The Hall–Kier alpha value is -1.70. The van der Waals surface area contributed by atoms with Crippen LogP contribution in [0, 0.1) is 0 Å². The van der Waals surface area contributed by atoms with Crippen LogP contribution in [0.2, 0.25) is 0 Å². The first kappa shape index (κ1) is 12.7. The number of hydrogen-bond donors (Lipinski definition) is 1. The van der Waals surface area contributed by atoms with Crippen LogP contribution in [-0.4, -0.2) is 41.3 Å². The fourth-order valence-corrected chi connectivity index (χ4v) is 2.11. The average Bonchev–Trinajstić information content (AvgIpc) is 2.69. The van der Waals surface area contributed by atoms with Crippen molar-refractivity contribution < 1.29 is 8.42 Å². The number of nitrogens with one attached hydrogen (secondary N) is 1. The quantitative estimate of drug-likeness (QED) is 0.882. The molecule has 0 saturated carbocycles. The second-order valence-corrected chi connectivity index (χ2v) is 6.25. The first-order chi connectivity index (χ1) is 8.34. The van der Waals surface area contributed by atoms with Gasteiger partial charge in [-0.1, -0.05) is 13.8 Å². The summed E-state index contributed by atoms with van der Waals surface area (Å²) in [6.45, 7) is 4.00. The lowest BCUT2D eigenvalue weighted by Crippen LogP contribution is -2.11. The van der Waals surface area contributed by atoms with E-state index in [9.17, 15) is 8.42 Å². The molecule has 0 radical (unpaired) electrons. The summed E-state index contributed by atoms with van der Waals surface area (Å²) in [4.78, 5) is 8.05. The van der Waals surface area contributed by atoms with E-state index in [1.54, 1.807) is 13.2 Å². The molecular weight excluding hydrogens is 254 g/mol. The van der Waals surface area contributed by atoms with Gasteiger partial charge in [-0.15, -0.1) is 0 Å². The van der Waals surface area contributed by atoms with Gasteiger partial charge in [-0.05, 0) is 5.92 Å². The Bertz CT molecular complexity index is 690. The molecule has 2 aromatic rings. The zero-order valence-corrected chi connectivity index (χ0v) is 11.5. The molecule has 8 heteroatoms. The summed E-state index contributed by atoms with van der Waals surface area (Å²) in [6.07, 6.45) is 2.77. The van der Waals surface area contributed by atoms with Crippen molar-refractivity contribution in [1.29, 1.82) is 0 Å². The zero-order valence-electron chi connectivity index (χ0n) is 10.7. The molecule has 2 heterocycles. The third kappa shape index (κ3) is 2.03. The number of anilines is 1. The van der Waals surface area contributed by atoms with E-state index in [1.165, 1.54) is 4.52 Å². The molecule has 0 aliphatic carbocycles. The number of sulfone groups is 1. The van der Waals surface area contributed by atoms with Crippen LogP contribution < -0.4 is 5.32 Å². The van der Waals surface area contributed by atoms with Crippen molar-refractivity contribution in [2.75, 3.05) is 18.6 Å². The maximum absolute atomic E-state index is 11.6. The monoisotopic (exact) mass is 269 g/mol. The normalized spacial score (nSPS) is 12.3. The van der Waals surface area contributed by atoms with E-state index in [2.05, 4.69) is 20.4 Å². The minimum atomic E-state index is -3.45. The molecule has 18 heavy (non-hydrogen) atoms. The molecule has 0 unspecified atom stereocenters.